The van der Waals surface area contributed by atoms with Crippen molar-refractivity contribution in [3.05, 3.63) is 106 Å². The molecule has 3 aromatic carbocycles. The highest BCUT2D eigenvalue weighted by atomic mass is 35.5. The predicted octanol–water partition coefficient (Wildman–Crippen LogP) is 6.96. The number of imide groups is 1. The number of hydroxylamine groups is 1. The predicted molar refractivity (Wildman–Crippen MR) is 138 cm³/mol. The van der Waals surface area contributed by atoms with Gasteiger partial charge in [-0.25, -0.2) is 9.96 Å². The molecule has 0 spiro atoms. The second-order valence-electron chi connectivity index (χ2n) is 8.47. The second kappa shape index (κ2) is 8.98. The smallest absolute Gasteiger partial charge is 0.266 e. The number of carbonyl (C=O) groups excluding carboxylic acids is 2. The number of hydrogen-bond acceptors (Lipinski definition) is 5. The first-order valence-electron chi connectivity index (χ1n) is 11.1. The molecule has 2 aliphatic heterocycles. The van der Waals surface area contributed by atoms with Gasteiger partial charge in [0.05, 0.1) is 16.4 Å². The van der Waals surface area contributed by atoms with Gasteiger partial charge in [-0.15, -0.1) is 0 Å². The van der Waals surface area contributed by atoms with Gasteiger partial charge < -0.3 is 4.42 Å². The third-order valence-electron chi connectivity index (χ3n) is 6.32. The fraction of sp³-hybridized carbons (Fsp3) is 0.111. The molecule has 2 fully saturated rings. The molecule has 6 rings (SSSR count). The first-order valence-corrected chi connectivity index (χ1v) is 12.3. The second-order valence-corrected chi connectivity index (χ2v) is 9.75. The lowest BCUT2D eigenvalue weighted by Gasteiger charge is -2.27. The zero-order valence-corrected chi connectivity index (χ0v) is 20.7. The molecule has 6 nitrogen and oxygen atoms in total. The number of anilines is 2. The average Bonchev–Trinajstić information content (AvgIpc) is 3.57. The van der Waals surface area contributed by atoms with Gasteiger partial charge in [-0.2, -0.15) is 0 Å². The summed E-state index contributed by atoms with van der Waals surface area (Å²) in [5.74, 6) is -0.714. The average molecular weight is 540 g/mol. The largest absolute Gasteiger partial charge is 0.459 e. The molecule has 0 aliphatic carbocycles. The summed E-state index contributed by atoms with van der Waals surface area (Å²) in [6.07, 6.45) is -1.01. The van der Waals surface area contributed by atoms with Gasteiger partial charge in [0.1, 0.15) is 23.5 Å². The molecule has 2 amide bonds. The lowest BCUT2D eigenvalue weighted by molar-refractivity contribution is -0.126. The molecule has 180 valence electrons. The number of halogens is 3. The first-order chi connectivity index (χ1) is 17.4. The van der Waals surface area contributed by atoms with Gasteiger partial charge in [0.15, 0.2) is 6.10 Å². The molecular weight excluding hydrogens is 523 g/mol. The van der Waals surface area contributed by atoms with Crippen LogP contribution in [-0.2, 0) is 14.4 Å². The SMILES string of the molecule is O=C1C2ON(c3ccccc3)C(c3ccc(-c4cc(Cl)ccc4Cl)o3)C2C(=O)N1c1ccc(Cl)cc1. The molecule has 9 heteroatoms. The summed E-state index contributed by atoms with van der Waals surface area (Å²) >= 11 is 18.6. The quantitative estimate of drug-likeness (QED) is 0.262. The van der Waals surface area contributed by atoms with E-state index in [1.54, 1.807) is 59.7 Å². The van der Waals surface area contributed by atoms with Crippen molar-refractivity contribution >= 4 is 58.0 Å². The van der Waals surface area contributed by atoms with Crippen molar-refractivity contribution in [2.24, 2.45) is 5.92 Å². The van der Waals surface area contributed by atoms with Crippen LogP contribution in [-0.4, -0.2) is 17.9 Å². The van der Waals surface area contributed by atoms with Crippen molar-refractivity contribution in [2.45, 2.75) is 12.1 Å². The Morgan fingerprint density at radius 2 is 1.44 bits per heavy atom. The summed E-state index contributed by atoms with van der Waals surface area (Å²) in [5, 5.41) is 3.07. The van der Waals surface area contributed by atoms with E-state index in [1.807, 2.05) is 30.3 Å². The molecule has 0 N–H and O–H groups in total. The maximum Gasteiger partial charge on any atom is 0.266 e. The summed E-state index contributed by atoms with van der Waals surface area (Å²) in [6.45, 7) is 0. The highest BCUT2D eigenvalue weighted by molar-refractivity contribution is 6.35. The lowest BCUT2D eigenvalue weighted by Crippen LogP contribution is -2.37. The minimum atomic E-state index is -1.01. The van der Waals surface area contributed by atoms with Crippen LogP contribution in [0.4, 0.5) is 11.4 Å². The maximum atomic E-state index is 13.7. The number of rotatable bonds is 4. The molecule has 2 aliphatic rings. The zero-order chi connectivity index (χ0) is 25.0. The Labute approximate surface area is 221 Å². The normalized spacial score (nSPS) is 21.4. The van der Waals surface area contributed by atoms with Crippen molar-refractivity contribution < 1.29 is 18.8 Å². The first kappa shape index (κ1) is 23.1. The minimum Gasteiger partial charge on any atom is -0.459 e. The summed E-state index contributed by atoms with van der Waals surface area (Å²) < 4.78 is 6.23. The standard InChI is InChI=1S/C27H17Cl3N2O4/c28-15-6-9-17(10-7-15)31-26(33)23-24(32(36-25(23)27(31)34)18-4-2-1-3-5-18)22-13-12-21(35-22)19-14-16(29)8-11-20(19)30/h1-14,23-25H. The molecule has 0 bridgehead atoms. The molecular formula is C27H17Cl3N2O4. The summed E-state index contributed by atoms with van der Waals surface area (Å²) in [6, 6.07) is 23.7. The third-order valence-corrected chi connectivity index (χ3v) is 7.14. The maximum absolute atomic E-state index is 13.7. The van der Waals surface area contributed by atoms with E-state index in [0.717, 1.165) is 4.90 Å². The van der Waals surface area contributed by atoms with Crippen molar-refractivity contribution in [2.75, 3.05) is 9.96 Å². The minimum absolute atomic E-state index is 0.380. The van der Waals surface area contributed by atoms with Crippen LogP contribution in [0.15, 0.2) is 89.3 Å². The van der Waals surface area contributed by atoms with Crippen molar-refractivity contribution in [3.63, 3.8) is 0 Å². The van der Waals surface area contributed by atoms with Crippen LogP contribution in [0.3, 0.4) is 0 Å². The Balaban J connectivity index is 1.43. The number of fused-ring (bicyclic) bond motifs is 1. The van der Waals surface area contributed by atoms with Crippen LogP contribution >= 0.6 is 34.8 Å². The fourth-order valence-corrected chi connectivity index (χ4v) is 5.20. The number of para-hydroxylation sites is 1. The van der Waals surface area contributed by atoms with E-state index >= 15 is 0 Å². The fourth-order valence-electron chi connectivity index (χ4n) is 4.69. The summed E-state index contributed by atoms with van der Waals surface area (Å²) in [5.41, 5.74) is 1.74. The molecule has 1 aromatic heterocycles. The van der Waals surface area contributed by atoms with E-state index in [4.69, 9.17) is 44.1 Å². The third kappa shape index (κ3) is 3.78. The number of furan rings is 1. The van der Waals surface area contributed by atoms with Gasteiger partial charge in [-0.05, 0) is 66.7 Å². The van der Waals surface area contributed by atoms with Crippen molar-refractivity contribution in [1.29, 1.82) is 0 Å². The summed E-state index contributed by atoms with van der Waals surface area (Å²) in [4.78, 5) is 34.4. The summed E-state index contributed by atoms with van der Waals surface area (Å²) in [7, 11) is 0. The van der Waals surface area contributed by atoms with Crippen LogP contribution in [0.1, 0.15) is 11.8 Å². The van der Waals surface area contributed by atoms with Gasteiger partial charge in [0.25, 0.3) is 5.91 Å². The number of nitrogens with zero attached hydrogens (tertiary/aromatic N) is 2. The van der Waals surface area contributed by atoms with E-state index in [2.05, 4.69) is 0 Å². The van der Waals surface area contributed by atoms with Crippen LogP contribution in [0, 0.1) is 5.92 Å². The number of hydrogen-bond donors (Lipinski definition) is 0. The van der Waals surface area contributed by atoms with Gasteiger partial charge >= 0.3 is 0 Å². The van der Waals surface area contributed by atoms with Gasteiger partial charge in [-0.1, -0.05) is 53.0 Å². The molecule has 0 saturated carbocycles. The Bertz CT molecular complexity index is 1470. The zero-order valence-electron chi connectivity index (χ0n) is 18.5. The van der Waals surface area contributed by atoms with Crippen LogP contribution in [0.2, 0.25) is 15.1 Å². The molecule has 3 unspecified atom stereocenters. The van der Waals surface area contributed by atoms with Crippen LogP contribution in [0.5, 0.6) is 0 Å². The van der Waals surface area contributed by atoms with Gasteiger partial charge in [-0.3, -0.25) is 14.4 Å². The van der Waals surface area contributed by atoms with E-state index in [-0.39, 0.29) is 5.91 Å². The topological polar surface area (TPSA) is 63.0 Å². The van der Waals surface area contributed by atoms with Crippen molar-refractivity contribution in [3.8, 4) is 11.3 Å². The van der Waals surface area contributed by atoms with Gasteiger partial charge in [0, 0.05) is 15.6 Å². The molecule has 3 atom stereocenters. The Morgan fingerprint density at radius 1 is 0.722 bits per heavy atom. The highest BCUT2D eigenvalue weighted by Gasteiger charge is 2.61. The Hall–Kier alpha value is -3.29. The monoisotopic (exact) mass is 538 g/mol. The lowest BCUT2D eigenvalue weighted by atomic mass is 9.94. The van der Waals surface area contributed by atoms with Gasteiger partial charge in [0.2, 0.25) is 5.91 Å². The Kier molecular flexibility index (Phi) is 5.77. The van der Waals surface area contributed by atoms with E-state index in [0.29, 0.717) is 43.5 Å². The number of benzene rings is 3. The highest BCUT2D eigenvalue weighted by Crippen LogP contribution is 2.48. The number of amides is 2. The van der Waals surface area contributed by atoms with E-state index in [1.165, 1.54) is 0 Å². The molecule has 36 heavy (non-hydrogen) atoms. The Morgan fingerprint density at radius 3 is 2.19 bits per heavy atom. The van der Waals surface area contributed by atoms with Crippen molar-refractivity contribution in [1.82, 2.24) is 0 Å². The van der Waals surface area contributed by atoms with Crippen LogP contribution < -0.4 is 9.96 Å². The molecule has 2 saturated heterocycles. The molecule has 3 heterocycles. The van der Waals surface area contributed by atoms with E-state index in [9.17, 15) is 9.59 Å². The van der Waals surface area contributed by atoms with E-state index < -0.39 is 24.0 Å². The number of carbonyl (C=O) groups is 2. The molecule has 0 radical (unpaired) electrons. The van der Waals surface area contributed by atoms with Crippen LogP contribution in [0.25, 0.3) is 11.3 Å². The molecule has 4 aromatic rings.